The van der Waals surface area contributed by atoms with Gasteiger partial charge in [0.05, 0.1) is 17.8 Å². The highest BCUT2D eigenvalue weighted by Crippen LogP contribution is 2.34. The van der Waals surface area contributed by atoms with Crippen LogP contribution >= 0.6 is 0 Å². The molecule has 1 rings (SSSR count). The Morgan fingerprint density at radius 2 is 1.75 bits per heavy atom. The molecule has 1 N–H and O–H groups in total. The fraction of sp³-hybridized carbons (Fsp3) is 0.500. The Labute approximate surface area is 115 Å². The van der Waals surface area contributed by atoms with Crippen molar-refractivity contribution >= 4 is 10.1 Å². The van der Waals surface area contributed by atoms with Gasteiger partial charge in [-0.1, -0.05) is 12.1 Å². The topological polar surface area (TPSA) is 63.6 Å². The lowest BCUT2D eigenvalue weighted by molar-refractivity contribution is -0.140. The molecule has 0 radical (unpaired) electrons. The van der Waals surface area contributed by atoms with Gasteiger partial charge in [-0.05, 0) is 26.0 Å². The number of rotatable bonds is 5. The molecule has 0 aliphatic carbocycles. The van der Waals surface area contributed by atoms with E-state index in [-0.39, 0.29) is 6.42 Å². The Bertz CT molecular complexity index is 559. The van der Waals surface area contributed by atoms with E-state index >= 15 is 0 Å². The second kappa shape index (κ2) is 5.71. The summed E-state index contributed by atoms with van der Waals surface area (Å²) in [5, 5.41) is 9.41. The van der Waals surface area contributed by atoms with Gasteiger partial charge in [0.25, 0.3) is 10.1 Å². The maximum atomic E-state index is 12.7. The molecule has 0 saturated heterocycles. The summed E-state index contributed by atoms with van der Waals surface area (Å²) in [4.78, 5) is -0.928. The van der Waals surface area contributed by atoms with Crippen LogP contribution in [0.2, 0.25) is 0 Å². The Balaban J connectivity index is 3.00. The van der Waals surface area contributed by atoms with Crippen LogP contribution in [0.5, 0.6) is 0 Å². The first-order chi connectivity index (χ1) is 8.93. The summed E-state index contributed by atoms with van der Waals surface area (Å²) >= 11 is 0. The molecule has 0 aromatic heterocycles. The molecular weight excluding hydrogens is 297 g/mol. The molecule has 4 nitrogen and oxygen atoms in total. The highest BCUT2D eigenvalue weighted by molar-refractivity contribution is 7.86. The Kier molecular flexibility index (Phi) is 4.83. The molecule has 0 aliphatic heterocycles. The molecule has 0 fully saturated rings. The molecule has 0 unspecified atom stereocenters. The number of alkyl halides is 3. The summed E-state index contributed by atoms with van der Waals surface area (Å²) in [6.45, 7) is 2.47. The van der Waals surface area contributed by atoms with E-state index in [1.54, 1.807) is 0 Å². The van der Waals surface area contributed by atoms with Crippen molar-refractivity contribution in [3.8, 4) is 0 Å². The van der Waals surface area contributed by atoms with Crippen LogP contribution in [0.1, 0.15) is 25.8 Å². The molecule has 1 aromatic carbocycles. The van der Waals surface area contributed by atoms with Crippen molar-refractivity contribution in [1.82, 2.24) is 0 Å². The average Bonchev–Trinajstić information content (AvgIpc) is 2.25. The van der Waals surface area contributed by atoms with Gasteiger partial charge in [0.2, 0.25) is 0 Å². The van der Waals surface area contributed by atoms with Crippen molar-refractivity contribution < 1.29 is 30.9 Å². The molecule has 8 heteroatoms. The number of hydrogen-bond donors (Lipinski definition) is 1. The van der Waals surface area contributed by atoms with Gasteiger partial charge < -0.3 is 5.11 Å². The number of hydrogen-bond acceptors (Lipinski definition) is 4. The lowest BCUT2D eigenvalue weighted by Gasteiger charge is -2.17. The van der Waals surface area contributed by atoms with Crippen molar-refractivity contribution in [2.75, 3.05) is 6.61 Å². The quantitative estimate of drug-likeness (QED) is 0.849. The molecular formula is C12H15F3O4S. The predicted molar refractivity (Wildman–Crippen MR) is 65.5 cm³/mol. The molecule has 1 aromatic rings. The summed E-state index contributed by atoms with van der Waals surface area (Å²) in [6, 6.07) is 3.79. The smallest absolute Gasteiger partial charge is 0.390 e. The molecule has 0 aliphatic rings. The van der Waals surface area contributed by atoms with E-state index < -0.39 is 39.0 Å². The monoisotopic (exact) mass is 312 g/mol. The third kappa shape index (κ3) is 4.77. The Morgan fingerprint density at radius 1 is 1.20 bits per heavy atom. The molecule has 0 atom stereocenters. The maximum absolute atomic E-state index is 12.7. The molecule has 0 spiro atoms. The number of aliphatic hydroxyl groups is 1. The van der Waals surface area contributed by atoms with Gasteiger partial charge >= 0.3 is 6.18 Å². The van der Waals surface area contributed by atoms with Crippen LogP contribution in [0.25, 0.3) is 0 Å². The lowest BCUT2D eigenvalue weighted by atomic mass is 10.1. The van der Waals surface area contributed by atoms with Crippen molar-refractivity contribution in [1.29, 1.82) is 0 Å². The number of halogens is 3. The van der Waals surface area contributed by atoms with Crippen LogP contribution in [0.4, 0.5) is 13.2 Å². The van der Waals surface area contributed by atoms with Crippen molar-refractivity contribution in [3.63, 3.8) is 0 Å². The molecule has 0 heterocycles. The van der Waals surface area contributed by atoms with Crippen LogP contribution in [-0.4, -0.2) is 25.7 Å². The van der Waals surface area contributed by atoms with Gasteiger partial charge in [-0.2, -0.15) is 21.6 Å². The minimum absolute atomic E-state index is 0.0274. The van der Waals surface area contributed by atoms with Crippen molar-refractivity contribution in [2.45, 2.75) is 36.9 Å². The summed E-state index contributed by atoms with van der Waals surface area (Å²) < 4.78 is 66.3. The van der Waals surface area contributed by atoms with Crippen LogP contribution in [-0.2, 0) is 20.5 Å². The van der Waals surface area contributed by atoms with Crippen molar-refractivity contribution in [3.05, 3.63) is 29.8 Å². The SMILES string of the molecule is CC(C)(O)CCOS(=O)(=O)c1ccccc1C(F)(F)F. The van der Waals surface area contributed by atoms with Gasteiger partial charge in [0.15, 0.2) is 0 Å². The zero-order chi connectivity index (χ0) is 15.6. The van der Waals surface area contributed by atoms with Gasteiger partial charge in [0.1, 0.15) is 4.90 Å². The third-order valence-electron chi connectivity index (χ3n) is 2.41. The Morgan fingerprint density at radius 3 is 2.25 bits per heavy atom. The van der Waals surface area contributed by atoms with Crippen LogP contribution in [0.15, 0.2) is 29.2 Å². The second-order valence-corrected chi connectivity index (χ2v) is 6.42. The first-order valence-electron chi connectivity index (χ1n) is 5.71. The van der Waals surface area contributed by atoms with Gasteiger partial charge in [-0.3, -0.25) is 4.18 Å². The highest BCUT2D eigenvalue weighted by Gasteiger charge is 2.37. The van der Waals surface area contributed by atoms with E-state index in [1.165, 1.54) is 19.9 Å². The largest absolute Gasteiger partial charge is 0.417 e. The Hall–Kier alpha value is -1.12. The fourth-order valence-electron chi connectivity index (χ4n) is 1.38. The lowest BCUT2D eigenvalue weighted by Crippen LogP contribution is -2.23. The summed E-state index contributed by atoms with van der Waals surface area (Å²) in [7, 11) is -4.53. The predicted octanol–water partition coefficient (Wildman–Crippen LogP) is 2.57. The van der Waals surface area contributed by atoms with E-state index in [0.29, 0.717) is 6.07 Å². The fourth-order valence-corrected chi connectivity index (χ4v) is 2.51. The van der Waals surface area contributed by atoms with Crippen LogP contribution in [0, 0.1) is 0 Å². The van der Waals surface area contributed by atoms with E-state index in [4.69, 9.17) is 0 Å². The van der Waals surface area contributed by atoms with Gasteiger partial charge in [-0.25, -0.2) is 0 Å². The first-order valence-corrected chi connectivity index (χ1v) is 7.12. The van der Waals surface area contributed by atoms with E-state index in [1.807, 2.05) is 0 Å². The molecule has 0 amide bonds. The van der Waals surface area contributed by atoms with Gasteiger partial charge in [-0.15, -0.1) is 0 Å². The molecule has 20 heavy (non-hydrogen) atoms. The van der Waals surface area contributed by atoms with Gasteiger partial charge in [0, 0.05) is 6.42 Å². The highest BCUT2D eigenvalue weighted by atomic mass is 32.2. The van der Waals surface area contributed by atoms with Crippen LogP contribution in [0.3, 0.4) is 0 Å². The van der Waals surface area contributed by atoms with E-state index in [9.17, 15) is 26.7 Å². The summed E-state index contributed by atoms with van der Waals surface area (Å²) in [6.07, 6.45) is -4.82. The first kappa shape index (κ1) is 16.9. The average molecular weight is 312 g/mol. The minimum Gasteiger partial charge on any atom is -0.390 e. The number of benzene rings is 1. The molecule has 114 valence electrons. The van der Waals surface area contributed by atoms with Crippen LogP contribution < -0.4 is 0 Å². The zero-order valence-corrected chi connectivity index (χ0v) is 11.8. The van der Waals surface area contributed by atoms with Crippen molar-refractivity contribution in [2.24, 2.45) is 0 Å². The minimum atomic E-state index is -4.79. The summed E-state index contributed by atoms with van der Waals surface area (Å²) in [5.41, 5.74) is -2.44. The van der Waals surface area contributed by atoms with E-state index in [0.717, 1.165) is 12.1 Å². The third-order valence-corrected chi connectivity index (χ3v) is 3.79. The second-order valence-electron chi connectivity index (χ2n) is 4.83. The summed E-state index contributed by atoms with van der Waals surface area (Å²) in [5.74, 6) is 0. The maximum Gasteiger partial charge on any atom is 0.417 e. The zero-order valence-electron chi connectivity index (χ0n) is 10.9. The molecule has 0 saturated carbocycles. The standard InChI is InChI=1S/C12H15F3O4S/c1-11(2,16)7-8-19-20(17,18)10-6-4-3-5-9(10)12(13,14)15/h3-6,16H,7-8H2,1-2H3. The molecule has 0 bridgehead atoms. The van der Waals surface area contributed by atoms with E-state index in [2.05, 4.69) is 4.18 Å². The normalized spacial score (nSPS) is 13.5.